The molecule has 28 heavy (non-hydrogen) atoms. The number of thioether (sulfide) groups is 1. The van der Waals surface area contributed by atoms with Gasteiger partial charge in [-0.25, -0.2) is 4.98 Å². The Kier molecular flexibility index (Phi) is 6.04. The fourth-order valence-corrected chi connectivity index (χ4v) is 5.31. The van der Waals surface area contributed by atoms with Crippen LogP contribution in [0.15, 0.2) is 46.8 Å². The van der Waals surface area contributed by atoms with Gasteiger partial charge in [-0.2, -0.15) is 0 Å². The van der Waals surface area contributed by atoms with E-state index in [0.717, 1.165) is 54.8 Å². The third-order valence-corrected chi connectivity index (χ3v) is 6.99. The Morgan fingerprint density at radius 3 is 2.68 bits per heavy atom. The summed E-state index contributed by atoms with van der Waals surface area (Å²) >= 11 is 3.59. The van der Waals surface area contributed by atoms with Gasteiger partial charge >= 0.3 is 5.82 Å². The Bertz CT molecular complexity index is 923. The molecule has 1 aliphatic rings. The maximum absolute atomic E-state index is 10.9. The zero-order valence-electron chi connectivity index (χ0n) is 15.4. The number of nitro groups is 1. The van der Waals surface area contributed by atoms with Crippen molar-refractivity contribution in [3.8, 4) is 0 Å². The Morgan fingerprint density at radius 1 is 1.07 bits per heavy atom. The largest absolute Gasteiger partial charge is 0.365 e. The molecule has 0 N–H and O–H groups in total. The number of fused-ring (bicyclic) bond motifs is 1. The van der Waals surface area contributed by atoms with E-state index in [-0.39, 0.29) is 5.82 Å². The van der Waals surface area contributed by atoms with Gasteiger partial charge in [-0.05, 0) is 41.1 Å². The van der Waals surface area contributed by atoms with Crippen molar-refractivity contribution in [2.45, 2.75) is 10.8 Å². The number of rotatable bonds is 7. The highest BCUT2D eigenvalue weighted by atomic mass is 32.2. The van der Waals surface area contributed by atoms with E-state index < -0.39 is 4.92 Å². The molecular formula is C19H21N5O2S2. The summed E-state index contributed by atoms with van der Waals surface area (Å²) < 4.78 is 2.39. The molecule has 0 radical (unpaired) electrons. The van der Waals surface area contributed by atoms with Crippen molar-refractivity contribution in [2.24, 2.45) is 0 Å². The molecule has 0 amide bonds. The first-order chi connectivity index (χ1) is 13.7. The minimum absolute atomic E-state index is 0.0909. The van der Waals surface area contributed by atoms with Crippen LogP contribution < -0.4 is 4.90 Å². The number of hydrogen-bond donors (Lipinski definition) is 0. The lowest BCUT2D eigenvalue weighted by atomic mass is 10.3. The lowest BCUT2D eigenvalue weighted by Gasteiger charge is -2.33. The van der Waals surface area contributed by atoms with Gasteiger partial charge in [0.1, 0.15) is 0 Å². The van der Waals surface area contributed by atoms with Gasteiger partial charge in [0.05, 0.1) is 10.2 Å². The summed E-state index contributed by atoms with van der Waals surface area (Å²) in [6, 6.07) is 13.2. The molecule has 0 bridgehead atoms. The molecule has 3 aromatic rings. The van der Waals surface area contributed by atoms with Crippen LogP contribution in [0.5, 0.6) is 0 Å². The maximum Gasteiger partial charge on any atom is 0.365 e. The van der Waals surface area contributed by atoms with Crippen LogP contribution in [0.4, 0.5) is 11.6 Å². The summed E-state index contributed by atoms with van der Waals surface area (Å²) in [5.41, 5.74) is 1.08. The van der Waals surface area contributed by atoms with Gasteiger partial charge in [0.25, 0.3) is 0 Å². The molecule has 0 atom stereocenters. The van der Waals surface area contributed by atoms with E-state index in [4.69, 9.17) is 0 Å². The van der Waals surface area contributed by atoms with E-state index in [1.807, 2.05) is 23.9 Å². The lowest BCUT2D eigenvalue weighted by molar-refractivity contribution is -0.389. The fourth-order valence-electron chi connectivity index (χ4n) is 3.25. The van der Waals surface area contributed by atoms with Crippen molar-refractivity contribution in [1.82, 2.24) is 14.9 Å². The topological polar surface area (TPSA) is 75.4 Å². The molecule has 146 valence electrons. The van der Waals surface area contributed by atoms with Gasteiger partial charge in [-0.1, -0.05) is 23.9 Å². The van der Waals surface area contributed by atoms with Crippen LogP contribution >= 0.6 is 23.1 Å². The van der Waals surface area contributed by atoms with Gasteiger partial charge in [0.15, 0.2) is 4.34 Å². The minimum Gasteiger partial charge on any atom is -0.358 e. The molecule has 4 rings (SSSR count). The highest BCUT2D eigenvalue weighted by Crippen LogP contribution is 2.29. The predicted molar refractivity (Wildman–Crippen MR) is 115 cm³/mol. The van der Waals surface area contributed by atoms with Gasteiger partial charge in [0, 0.05) is 44.1 Å². The summed E-state index contributed by atoms with van der Waals surface area (Å²) in [5, 5.41) is 10.9. The first kappa shape index (κ1) is 19.1. The molecule has 9 heteroatoms. The number of hydrogen-bond acceptors (Lipinski definition) is 8. The zero-order chi connectivity index (χ0) is 19.3. The van der Waals surface area contributed by atoms with Crippen molar-refractivity contribution < 1.29 is 4.92 Å². The number of nitrogens with zero attached hydrogens (tertiary/aromatic N) is 5. The highest BCUT2D eigenvalue weighted by molar-refractivity contribution is 8.01. The Hall–Kier alpha value is -2.23. The van der Waals surface area contributed by atoms with E-state index in [9.17, 15) is 10.1 Å². The second kappa shape index (κ2) is 8.85. The Balaban J connectivity index is 1.20. The molecule has 7 nitrogen and oxygen atoms in total. The molecule has 1 saturated heterocycles. The number of anilines is 1. The molecule has 1 fully saturated rings. The number of pyridine rings is 1. The van der Waals surface area contributed by atoms with E-state index in [1.54, 1.807) is 17.4 Å². The summed E-state index contributed by atoms with van der Waals surface area (Å²) in [6.07, 6.45) is 1.12. The molecular weight excluding hydrogens is 394 g/mol. The van der Waals surface area contributed by atoms with Crippen LogP contribution in [0.1, 0.15) is 6.42 Å². The summed E-state index contributed by atoms with van der Waals surface area (Å²) in [6.45, 7) is 4.67. The zero-order valence-corrected chi connectivity index (χ0v) is 17.0. The minimum atomic E-state index is -0.442. The van der Waals surface area contributed by atoms with Crippen LogP contribution in [0, 0.1) is 10.1 Å². The van der Waals surface area contributed by atoms with E-state index in [0.29, 0.717) is 5.82 Å². The predicted octanol–water partition coefficient (Wildman–Crippen LogP) is 3.90. The molecule has 0 saturated carbocycles. The summed E-state index contributed by atoms with van der Waals surface area (Å²) in [7, 11) is 0. The average Bonchev–Trinajstić information content (AvgIpc) is 3.15. The monoisotopic (exact) mass is 415 g/mol. The van der Waals surface area contributed by atoms with E-state index in [2.05, 4.69) is 38.0 Å². The van der Waals surface area contributed by atoms with Crippen LogP contribution in [0.25, 0.3) is 10.2 Å². The molecule has 0 aliphatic carbocycles. The van der Waals surface area contributed by atoms with Gasteiger partial charge in [-0.15, -0.1) is 11.3 Å². The van der Waals surface area contributed by atoms with Crippen molar-refractivity contribution >= 4 is 45.0 Å². The molecule has 2 aromatic heterocycles. The number of piperazine rings is 1. The molecule has 1 aromatic carbocycles. The third-order valence-electron chi connectivity index (χ3n) is 4.72. The first-order valence-corrected chi connectivity index (χ1v) is 11.1. The number of benzene rings is 1. The number of aromatic nitrogens is 2. The fraction of sp³-hybridized carbons (Fsp3) is 0.368. The van der Waals surface area contributed by atoms with Crippen LogP contribution in [0.2, 0.25) is 0 Å². The molecule has 0 spiro atoms. The Morgan fingerprint density at radius 2 is 1.89 bits per heavy atom. The van der Waals surface area contributed by atoms with E-state index >= 15 is 0 Å². The average molecular weight is 416 g/mol. The molecule has 0 unspecified atom stereocenters. The smallest absolute Gasteiger partial charge is 0.358 e. The first-order valence-electron chi connectivity index (χ1n) is 9.26. The quantitative estimate of drug-likeness (QED) is 0.251. The third kappa shape index (κ3) is 4.60. The van der Waals surface area contributed by atoms with Crippen molar-refractivity contribution in [3.63, 3.8) is 0 Å². The van der Waals surface area contributed by atoms with Gasteiger partial charge in [0.2, 0.25) is 5.82 Å². The molecule has 3 heterocycles. The second-order valence-electron chi connectivity index (χ2n) is 6.59. The Labute approximate surface area is 171 Å². The summed E-state index contributed by atoms with van der Waals surface area (Å²) in [4.78, 5) is 23.8. The standard InChI is InChI=1S/C19H21N5O2S2/c25-24(26)18-8-3-7-17(21-18)23-12-10-22(11-13-23)9-4-14-27-19-20-15-5-1-2-6-16(15)28-19/h1-3,5-8H,4,9-14H2. The number of para-hydroxylation sites is 1. The highest BCUT2D eigenvalue weighted by Gasteiger charge is 2.21. The summed E-state index contributed by atoms with van der Waals surface area (Å²) in [5.74, 6) is 1.67. The van der Waals surface area contributed by atoms with Crippen molar-refractivity contribution in [1.29, 1.82) is 0 Å². The lowest BCUT2D eigenvalue weighted by Crippen LogP contribution is -2.47. The van der Waals surface area contributed by atoms with E-state index in [1.165, 1.54) is 10.8 Å². The SMILES string of the molecule is O=[N+]([O-])c1cccc(N2CCN(CCCSc3nc4ccccc4s3)CC2)n1. The van der Waals surface area contributed by atoms with Crippen LogP contribution in [0.3, 0.4) is 0 Å². The van der Waals surface area contributed by atoms with Crippen LogP contribution in [-0.4, -0.2) is 58.3 Å². The van der Waals surface area contributed by atoms with Crippen molar-refractivity contribution in [3.05, 3.63) is 52.6 Å². The second-order valence-corrected chi connectivity index (χ2v) is 8.96. The van der Waals surface area contributed by atoms with Gasteiger partial charge in [-0.3, -0.25) is 4.90 Å². The maximum atomic E-state index is 10.9. The molecule has 1 aliphatic heterocycles. The van der Waals surface area contributed by atoms with Crippen LogP contribution in [-0.2, 0) is 0 Å². The normalized spacial score (nSPS) is 15.2. The number of thiazole rings is 1. The van der Waals surface area contributed by atoms with Crippen molar-refractivity contribution in [2.75, 3.05) is 43.4 Å². The van der Waals surface area contributed by atoms with Gasteiger partial charge < -0.3 is 15.0 Å².